The fourth-order valence-corrected chi connectivity index (χ4v) is 1.03. The molecule has 90 valence electrons. The number of carboxylic acids is 1. The van der Waals surface area contributed by atoms with Gasteiger partial charge < -0.3 is 9.94 Å². The SMILES string of the molecule is O=C(O)C(CF)=NOC/C=C/c1ccccc1. The highest BCUT2D eigenvalue weighted by Gasteiger charge is 2.08. The van der Waals surface area contributed by atoms with Gasteiger partial charge in [-0.05, 0) is 11.6 Å². The number of oxime groups is 1. The van der Waals surface area contributed by atoms with Gasteiger partial charge in [0.15, 0.2) is 5.71 Å². The summed E-state index contributed by atoms with van der Waals surface area (Å²) in [7, 11) is 0. The highest BCUT2D eigenvalue weighted by molar-refractivity contribution is 6.36. The average Bonchev–Trinajstić information content (AvgIpc) is 2.34. The van der Waals surface area contributed by atoms with Gasteiger partial charge in [0.2, 0.25) is 0 Å². The van der Waals surface area contributed by atoms with Crippen molar-refractivity contribution in [2.45, 2.75) is 0 Å². The smallest absolute Gasteiger partial charge is 0.356 e. The zero-order valence-electron chi connectivity index (χ0n) is 9.04. The second-order valence-corrected chi connectivity index (χ2v) is 3.09. The summed E-state index contributed by atoms with van der Waals surface area (Å²) in [6.45, 7) is -1.07. The molecule has 0 aliphatic rings. The van der Waals surface area contributed by atoms with E-state index in [4.69, 9.17) is 5.11 Å². The number of rotatable bonds is 6. The second kappa shape index (κ2) is 7.16. The van der Waals surface area contributed by atoms with Crippen molar-refractivity contribution in [1.29, 1.82) is 0 Å². The Morgan fingerprint density at radius 2 is 2.12 bits per heavy atom. The standard InChI is InChI=1S/C12H12FNO3/c13-9-11(12(15)16)14-17-8-4-7-10-5-2-1-3-6-10/h1-7H,8-9H2,(H,15,16)/b7-4+,14-11?. The molecule has 1 rings (SSSR count). The number of hydrogen-bond donors (Lipinski definition) is 1. The molecule has 17 heavy (non-hydrogen) atoms. The molecule has 0 radical (unpaired) electrons. The minimum Gasteiger partial charge on any atom is -0.477 e. The van der Waals surface area contributed by atoms with Gasteiger partial charge >= 0.3 is 5.97 Å². The van der Waals surface area contributed by atoms with E-state index in [0.29, 0.717) is 0 Å². The van der Waals surface area contributed by atoms with E-state index in [1.807, 2.05) is 30.3 Å². The number of hydrogen-bond acceptors (Lipinski definition) is 3. The molecule has 1 aromatic carbocycles. The van der Waals surface area contributed by atoms with Crippen molar-refractivity contribution in [2.75, 3.05) is 13.3 Å². The van der Waals surface area contributed by atoms with Gasteiger partial charge in [0.25, 0.3) is 0 Å². The summed E-state index contributed by atoms with van der Waals surface area (Å²) in [5, 5.41) is 11.6. The third-order valence-electron chi connectivity index (χ3n) is 1.83. The molecule has 5 heteroatoms. The average molecular weight is 237 g/mol. The van der Waals surface area contributed by atoms with Crippen molar-refractivity contribution >= 4 is 17.8 Å². The van der Waals surface area contributed by atoms with E-state index in [0.717, 1.165) is 5.56 Å². The minimum absolute atomic E-state index is 0.0890. The number of aliphatic carboxylic acids is 1. The van der Waals surface area contributed by atoms with Crippen LogP contribution in [-0.2, 0) is 9.63 Å². The van der Waals surface area contributed by atoms with Crippen molar-refractivity contribution in [1.82, 2.24) is 0 Å². The quantitative estimate of drug-likeness (QED) is 0.468. The molecule has 0 spiro atoms. The molecule has 1 aromatic rings. The lowest BCUT2D eigenvalue weighted by Crippen LogP contribution is -2.15. The van der Waals surface area contributed by atoms with Crippen molar-refractivity contribution < 1.29 is 19.1 Å². The van der Waals surface area contributed by atoms with Crippen LogP contribution in [0.25, 0.3) is 6.08 Å². The molecular formula is C12H12FNO3. The molecule has 0 bridgehead atoms. The Bertz CT molecular complexity index is 415. The summed E-state index contributed by atoms with van der Waals surface area (Å²) in [5.41, 5.74) is 0.349. The first-order valence-corrected chi connectivity index (χ1v) is 4.93. The first-order valence-electron chi connectivity index (χ1n) is 4.93. The maximum atomic E-state index is 12.1. The van der Waals surface area contributed by atoms with E-state index in [1.165, 1.54) is 0 Å². The van der Waals surface area contributed by atoms with Gasteiger partial charge in [-0.25, -0.2) is 9.18 Å². The third kappa shape index (κ3) is 4.92. The summed E-state index contributed by atoms with van der Waals surface area (Å²) in [6, 6.07) is 9.50. The zero-order valence-corrected chi connectivity index (χ0v) is 9.04. The second-order valence-electron chi connectivity index (χ2n) is 3.09. The molecular weight excluding hydrogens is 225 g/mol. The van der Waals surface area contributed by atoms with Crippen LogP contribution >= 0.6 is 0 Å². The number of carbonyl (C=O) groups is 1. The van der Waals surface area contributed by atoms with E-state index in [2.05, 4.69) is 9.99 Å². The lowest BCUT2D eigenvalue weighted by molar-refractivity contribution is -0.129. The molecule has 1 N–H and O–H groups in total. The molecule has 0 aliphatic carbocycles. The Balaban J connectivity index is 2.38. The molecule has 0 aromatic heterocycles. The highest BCUT2D eigenvalue weighted by atomic mass is 19.1. The van der Waals surface area contributed by atoms with E-state index < -0.39 is 18.4 Å². The van der Waals surface area contributed by atoms with Crippen LogP contribution in [-0.4, -0.2) is 30.1 Å². The molecule has 4 nitrogen and oxygen atoms in total. The fraction of sp³-hybridized carbons (Fsp3) is 0.167. The predicted octanol–water partition coefficient (Wildman–Crippen LogP) is 2.13. The number of nitrogens with zero attached hydrogens (tertiary/aromatic N) is 1. The largest absolute Gasteiger partial charge is 0.477 e. The normalized spacial score (nSPS) is 11.7. The van der Waals surface area contributed by atoms with E-state index in [9.17, 15) is 9.18 Å². The molecule has 0 saturated heterocycles. The van der Waals surface area contributed by atoms with Gasteiger partial charge in [-0.1, -0.05) is 41.6 Å². The fourth-order valence-electron chi connectivity index (χ4n) is 1.03. The van der Waals surface area contributed by atoms with Gasteiger partial charge in [-0.2, -0.15) is 0 Å². The van der Waals surface area contributed by atoms with Crippen molar-refractivity contribution in [3.63, 3.8) is 0 Å². The van der Waals surface area contributed by atoms with Crippen molar-refractivity contribution in [3.05, 3.63) is 42.0 Å². The van der Waals surface area contributed by atoms with Gasteiger partial charge in [0.05, 0.1) is 0 Å². The van der Waals surface area contributed by atoms with E-state index in [1.54, 1.807) is 12.2 Å². The van der Waals surface area contributed by atoms with Crippen LogP contribution in [0, 0.1) is 0 Å². The summed E-state index contributed by atoms with van der Waals surface area (Å²) >= 11 is 0. The predicted molar refractivity (Wildman–Crippen MR) is 62.5 cm³/mol. The van der Waals surface area contributed by atoms with Crippen molar-refractivity contribution in [2.24, 2.45) is 5.16 Å². The van der Waals surface area contributed by atoms with E-state index >= 15 is 0 Å². The maximum absolute atomic E-state index is 12.1. The number of halogens is 1. The summed E-state index contributed by atoms with van der Waals surface area (Å²) in [4.78, 5) is 15.0. The van der Waals surface area contributed by atoms with Crippen LogP contribution in [0.15, 0.2) is 41.6 Å². The Kier molecular flexibility index (Phi) is 5.43. The number of benzene rings is 1. The van der Waals surface area contributed by atoms with E-state index in [-0.39, 0.29) is 6.61 Å². The lowest BCUT2D eigenvalue weighted by atomic mass is 10.2. The molecule has 0 heterocycles. The lowest BCUT2D eigenvalue weighted by Gasteiger charge is -1.96. The number of carboxylic acid groups (broad SMARTS) is 1. The Labute approximate surface area is 98.0 Å². The summed E-state index contributed by atoms with van der Waals surface area (Å²) < 4.78 is 12.1. The van der Waals surface area contributed by atoms with Gasteiger partial charge in [0, 0.05) is 0 Å². The Hall–Kier alpha value is -2.17. The third-order valence-corrected chi connectivity index (χ3v) is 1.83. The Morgan fingerprint density at radius 3 is 2.71 bits per heavy atom. The van der Waals surface area contributed by atoms with Gasteiger partial charge in [0.1, 0.15) is 13.3 Å². The van der Waals surface area contributed by atoms with Crippen LogP contribution in [0.4, 0.5) is 4.39 Å². The van der Waals surface area contributed by atoms with Crippen LogP contribution in [0.2, 0.25) is 0 Å². The van der Waals surface area contributed by atoms with Crippen LogP contribution in [0.3, 0.4) is 0 Å². The molecule has 0 fully saturated rings. The summed E-state index contributed by atoms with van der Waals surface area (Å²) in [6.07, 6.45) is 3.46. The van der Waals surface area contributed by atoms with Gasteiger partial charge in [-0.15, -0.1) is 0 Å². The minimum atomic E-state index is -1.42. The van der Waals surface area contributed by atoms with Crippen molar-refractivity contribution in [3.8, 4) is 0 Å². The molecule has 0 atom stereocenters. The monoisotopic (exact) mass is 237 g/mol. The number of alkyl halides is 1. The van der Waals surface area contributed by atoms with Crippen LogP contribution < -0.4 is 0 Å². The summed E-state index contributed by atoms with van der Waals surface area (Å²) in [5.74, 6) is -1.42. The topological polar surface area (TPSA) is 58.9 Å². The highest BCUT2D eigenvalue weighted by Crippen LogP contribution is 2.00. The molecule has 0 aliphatic heterocycles. The molecule has 0 saturated carbocycles. The first-order chi connectivity index (χ1) is 8.24. The molecule has 0 unspecified atom stereocenters. The Morgan fingerprint density at radius 1 is 1.41 bits per heavy atom. The maximum Gasteiger partial charge on any atom is 0.356 e. The van der Waals surface area contributed by atoms with Crippen LogP contribution in [0.5, 0.6) is 0 Å². The first kappa shape index (κ1) is 12.9. The van der Waals surface area contributed by atoms with Gasteiger partial charge in [-0.3, -0.25) is 0 Å². The zero-order chi connectivity index (χ0) is 12.5. The molecule has 0 amide bonds. The van der Waals surface area contributed by atoms with Crippen LogP contribution in [0.1, 0.15) is 5.56 Å².